The first kappa shape index (κ1) is 14.3. The zero-order valence-electron chi connectivity index (χ0n) is 32.2. The van der Waals surface area contributed by atoms with Gasteiger partial charge in [0.15, 0.2) is 0 Å². The molecule has 8 aromatic rings. The van der Waals surface area contributed by atoms with E-state index in [9.17, 15) is 1.37 Å². The lowest BCUT2D eigenvalue weighted by Crippen LogP contribution is -1.91. The largest absolute Gasteiger partial charge is 0.0636 e. The average Bonchev–Trinajstić information content (AvgIpc) is 3.14. The fourth-order valence-electron chi connectivity index (χ4n) is 5.55. The predicted octanol–water partition coefficient (Wildman–Crippen LogP) is 11.3. The number of fused-ring (bicyclic) bond motifs is 4. The van der Waals surface area contributed by atoms with Crippen LogP contribution in [0.2, 0.25) is 0 Å². The van der Waals surface area contributed by atoms with E-state index < -0.39 is 60.4 Å². The summed E-state index contributed by atoms with van der Waals surface area (Å²) in [7, 11) is 0. The molecule has 0 unspecified atom stereocenters. The van der Waals surface area contributed by atoms with Gasteiger partial charge < -0.3 is 0 Å². The van der Waals surface area contributed by atoms with Gasteiger partial charge in [-0.3, -0.25) is 0 Å². The van der Waals surface area contributed by atoms with Crippen molar-refractivity contribution in [2.24, 2.45) is 0 Å². The monoisotopic (exact) mass is 517 g/mol. The maximum Gasteiger partial charge on any atom is 0.0636 e. The summed E-state index contributed by atoms with van der Waals surface area (Å²) in [6.07, 6.45) is 0. The summed E-state index contributed by atoms with van der Waals surface area (Å²) in [6, 6.07) is 23.6. The molecular formula is C40H26. The predicted molar refractivity (Wildman–Crippen MR) is 173 cm³/mol. The first-order chi connectivity index (χ1) is 24.4. The quantitative estimate of drug-likeness (QED) is 0.204. The van der Waals surface area contributed by atoms with Crippen molar-refractivity contribution in [3.05, 3.63) is 157 Å². The molecule has 0 aliphatic heterocycles. The normalized spacial score (nSPS) is 15.3. The number of benzene rings is 8. The summed E-state index contributed by atoms with van der Waals surface area (Å²) in [5.74, 6) is 0. The molecule has 0 aromatic heterocycles. The van der Waals surface area contributed by atoms with Gasteiger partial charge in [0.1, 0.15) is 0 Å². The molecule has 0 spiro atoms. The number of rotatable bonds is 3. The van der Waals surface area contributed by atoms with E-state index in [1.807, 2.05) is 60.7 Å². The summed E-state index contributed by atoms with van der Waals surface area (Å²) in [5.41, 5.74) is 1.71. The Morgan fingerprint density at radius 3 is 1.65 bits per heavy atom. The molecule has 186 valence electrons. The van der Waals surface area contributed by atoms with E-state index in [4.69, 9.17) is 13.7 Å². The van der Waals surface area contributed by atoms with E-state index in [2.05, 4.69) is 30.3 Å². The van der Waals surface area contributed by atoms with Crippen molar-refractivity contribution in [2.45, 2.75) is 0 Å². The molecule has 0 saturated carbocycles. The highest BCUT2D eigenvalue weighted by atomic mass is 14.2. The van der Waals surface area contributed by atoms with Gasteiger partial charge in [0.25, 0.3) is 0 Å². The van der Waals surface area contributed by atoms with Gasteiger partial charge in [-0.2, -0.15) is 0 Å². The minimum absolute atomic E-state index is 0.0175. The molecule has 8 aromatic carbocycles. The Morgan fingerprint density at radius 2 is 0.925 bits per heavy atom. The summed E-state index contributed by atoms with van der Waals surface area (Å²) in [4.78, 5) is 0. The molecule has 8 rings (SSSR count). The first-order valence-corrected chi connectivity index (χ1v) is 13.0. The highest BCUT2D eigenvalue weighted by Gasteiger charge is 2.17. The van der Waals surface area contributed by atoms with Gasteiger partial charge in [0.05, 0.1) is 15.1 Å². The maximum atomic E-state index is 9.60. The fraction of sp³-hybridized carbons (Fsp3) is 0. The highest BCUT2D eigenvalue weighted by Crippen LogP contribution is 2.44. The van der Waals surface area contributed by atoms with Crippen LogP contribution in [0.25, 0.3) is 76.5 Å². The average molecular weight is 518 g/mol. The molecule has 0 aliphatic carbocycles. The second-order valence-electron chi connectivity index (χ2n) is 9.65. The lowest BCUT2D eigenvalue weighted by atomic mass is 9.85. The van der Waals surface area contributed by atoms with Gasteiger partial charge in [0.2, 0.25) is 0 Å². The lowest BCUT2D eigenvalue weighted by Gasteiger charge is -2.18. The molecule has 0 aliphatic rings. The Bertz CT molecular complexity index is 2770. The van der Waals surface area contributed by atoms with Crippen LogP contribution in [-0.2, 0) is 0 Å². The van der Waals surface area contributed by atoms with Crippen LogP contribution in [0.3, 0.4) is 0 Å². The molecule has 0 heterocycles. The molecular weight excluding hydrogens is 480 g/mol. The van der Waals surface area contributed by atoms with E-state index in [1.165, 1.54) is 0 Å². The Hall–Kier alpha value is -5.20. The molecule has 0 amide bonds. The third-order valence-electron chi connectivity index (χ3n) is 7.34. The minimum atomic E-state index is -0.617. The Kier molecular flexibility index (Phi) is 3.29. The second-order valence-corrected chi connectivity index (χ2v) is 9.65. The van der Waals surface area contributed by atoms with Gasteiger partial charge in [-0.25, -0.2) is 0 Å². The molecule has 0 atom stereocenters. The minimum Gasteiger partial charge on any atom is -0.0616 e. The van der Waals surface area contributed by atoms with Crippen LogP contribution in [0.1, 0.15) is 15.1 Å². The van der Waals surface area contributed by atoms with Crippen LogP contribution >= 0.6 is 0 Å². The SMILES string of the molecule is [2H]c1c([2H])c(-c2c([2H])c([2H])c3c([2H])c([2H])c([2H])c([2H])c3c2[2H])c([2H])c(-c2c3ccccc3c(-c3ccc4ccccc4c3)c3ccccc23)c1[2H]. The van der Waals surface area contributed by atoms with Crippen molar-refractivity contribution in [1.82, 2.24) is 0 Å². The van der Waals surface area contributed by atoms with Gasteiger partial charge in [-0.15, -0.1) is 0 Å². The van der Waals surface area contributed by atoms with Crippen molar-refractivity contribution in [1.29, 1.82) is 0 Å². The van der Waals surface area contributed by atoms with Gasteiger partial charge in [0, 0.05) is 0 Å². The van der Waals surface area contributed by atoms with E-state index in [0.717, 1.165) is 32.7 Å². The summed E-state index contributed by atoms with van der Waals surface area (Å²) < 4.78 is 96.8. The second kappa shape index (κ2) is 9.22. The maximum absolute atomic E-state index is 9.60. The van der Waals surface area contributed by atoms with Crippen LogP contribution in [0.5, 0.6) is 0 Å². The molecule has 0 nitrogen and oxygen atoms in total. The van der Waals surface area contributed by atoms with Crippen LogP contribution in [0.15, 0.2) is 157 Å². The van der Waals surface area contributed by atoms with Crippen molar-refractivity contribution in [2.75, 3.05) is 0 Å². The van der Waals surface area contributed by atoms with Gasteiger partial charge >= 0.3 is 0 Å². The zero-order chi connectivity index (χ0) is 36.0. The third kappa shape index (κ3) is 3.69. The van der Waals surface area contributed by atoms with Gasteiger partial charge in [-0.05, 0) is 94.6 Å². The Morgan fingerprint density at radius 1 is 0.350 bits per heavy atom. The molecule has 0 N–H and O–H groups in total. The standard InChI is InChI=1S/C40H26/c1-3-12-29-24-32(22-20-27(29)10-1)31-14-9-15-33(26-31)39-35-16-5-7-18-37(35)40(38-19-8-6-17-36(38)39)34-23-21-28-11-2-4-13-30(28)25-34/h1-26H/i1D,3D,9D,10D,12D,14D,15D,20D,22D,24D,26D. The highest BCUT2D eigenvalue weighted by molar-refractivity contribution is 6.21. The van der Waals surface area contributed by atoms with Crippen molar-refractivity contribution >= 4 is 43.1 Å². The number of hydrogen-bond donors (Lipinski definition) is 0. The Balaban J connectivity index is 1.51. The molecule has 0 radical (unpaired) electrons. The smallest absolute Gasteiger partial charge is 0.0616 e. The van der Waals surface area contributed by atoms with E-state index in [-0.39, 0.29) is 33.5 Å². The summed E-state index contributed by atoms with van der Waals surface area (Å²) >= 11 is 0. The van der Waals surface area contributed by atoms with Crippen LogP contribution < -0.4 is 0 Å². The van der Waals surface area contributed by atoms with Crippen LogP contribution in [0.4, 0.5) is 0 Å². The fourth-order valence-corrected chi connectivity index (χ4v) is 5.55. The van der Waals surface area contributed by atoms with Crippen LogP contribution in [0, 0.1) is 0 Å². The first-order valence-electron chi connectivity index (χ1n) is 18.5. The van der Waals surface area contributed by atoms with E-state index in [1.54, 1.807) is 0 Å². The van der Waals surface area contributed by atoms with E-state index in [0.29, 0.717) is 16.3 Å². The summed E-state index contributed by atoms with van der Waals surface area (Å²) in [5, 5.41) is 4.59. The van der Waals surface area contributed by atoms with Crippen molar-refractivity contribution < 1.29 is 15.1 Å². The Labute approximate surface area is 249 Å². The molecule has 40 heavy (non-hydrogen) atoms. The molecule has 0 saturated heterocycles. The van der Waals surface area contributed by atoms with E-state index >= 15 is 0 Å². The lowest BCUT2D eigenvalue weighted by molar-refractivity contribution is 1.63. The van der Waals surface area contributed by atoms with Crippen molar-refractivity contribution in [3.63, 3.8) is 0 Å². The van der Waals surface area contributed by atoms with Crippen LogP contribution in [-0.4, -0.2) is 0 Å². The zero-order valence-corrected chi connectivity index (χ0v) is 21.2. The third-order valence-corrected chi connectivity index (χ3v) is 7.34. The topological polar surface area (TPSA) is 0 Å². The van der Waals surface area contributed by atoms with Crippen molar-refractivity contribution in [3.8, 4) is 33.4 Å². The number of hydrogen-bond acceptors (Lipinski definition) is 0. The molecule has 0 heteroatoms. The molecule has 0 fully saturated rings. The summed E-state index contributed by atoms with van der Waals surface area (Å²) in [6.45, 7) is 0. The van der Waals surface area contributed by atoms with Gasteiger partial charge in [-0.1, -0.05) is 139 Å². The molecule has 0 bridgehead atoms.